The zero-order valence-electron chi connectivity index (χ0n) is 13.8. The first-order valence-corrected chi connectivity index (χ1v) is 9.59. The molecule has 9 heteroatoms. The molecule has 0 spiro atoms. The molecular formula is C15H23N5O3S. The maximum absolute atomic E-state index is 12.8. The summed E-state index contributed by atoms with van der Waals surface area (Å²) in [5.41, 5.74) is 0.805. The van der Waals surface area contributed by atoms with E-state index in [-0.39, 0.29) is 17.0 Å². The van der Waals surface area contributed by atoms with E-state index in [4.69, 9.17) is 0 Å². The van der Waals surface area contributed by atoms with Gasteiger partial charge >= 0.3 is 0 Å². The Morgan fingerprint density at radius 2 is 2.17 bits per heavy atom. The third-order valence-electron chi connectivity index (χ3n) is 4.38. The molecule has 0 aromatic carbocycles. The van der Waals surface area contributed by atoms with Crippen molar-refractivity contribution in [3.8, 4) is 0 Å². The average Bonchev–Trinajstić information content (AvgIpc) is 3.11. The maximum Gasteiger partial charge on any atom is 0.258 e. The number of aliphatic hydroxyl groups excluding tert-OH is 1. The van der Waals surface area contributed by atoms with Crippen LogP contribution in [0.3, 0.4) is 0 Å². The molecule has 1 aliphatic rings. The molecule has 132 valence electrons. The number of sulfonamides is 1. The van der Waals surface area contributed by atoms with Gasteiger partial charge in [-0.3, -0.25) is 9.36 Å². The summed E-state index contributed by atoms with van der Waals surface area (Å²) in [6, 6.07) is 1.10. The lowest BCUT2D eigenvalue weighted by atomic mass is 9.76. The van der Waals surface area contributed by atoms with Crippen LogP contribution in [-0.4, -0.2) is 39.2 Å². The summed E-state index contributed by atoms with van der Waals surface area (Å²) in [6.45, 7) is 2.52. The fraction of sp³-hybridized carbons (Fsp3) is 0.600. The van der Waals surface area contributed by atoms with Gasteiger partial charge in [-0.15, -0.1) is 0 Å². The molecule has 1 fully saturated rings. The quantitative estimate of drug-likeness (QED) is 0.767. The SMILES string of the molecule is CCCn1nccc1S(=O)(=O)NC(c1cnn(C)c1)C1CC(O)C1. The molecule has 2 aromatic heterocycles. The van der Waals surface area contributed by atoms with Crippen molar-refractivity contribution in [3.05, 3.63) is 30.2 Å². The lowest BCUT2D eigenvalue weighted by molar-refractivity contribution is 0.0280. The van der Waals surface area contributed by atoms with Gasteiger partial charge in [0, 0.05) is 25.4 Å². The van der Waals surface area contributed by atoms with E-state index >= 15 is 0 Å². The Bertz CT molecular complexity index is 792. The largest absolute Gasteiger partial charge is 0.393 e. The molecule has 3 rings (SSSR count). The molecule has 8 nitrogen and oxygen atoms in total. The first kappa shape index (κ1) is 17.1. The summed E-state index contributed by atoms with van der Waals surface area (Å²) >= 11 is 0. The van der Waals surface area contributed by atoms with E-state index in [2.05, 4.69) is 14.9 Å². The Labute approximate surface area is 141 Å². The van der Waals surface area contributed by atoms with Crippen LogP contribution < -0.4 is 4.72 Å². The minimum absolute atomic E-state index is 0.0570. The van der Waals surface area contributed by atoms with E-state index < -0.39 is 16.1 Å². The molecule has 0 amide bonds. The second-order valence-corrected chi connectivity index (χ2v) is 7.99. The highest BCUT2D eigenvalue weighted by molar-refractivity contribution is 7.89. The molecule has 2 heterocycles. The number of aromatic nitrogens is 4. The van der Waals surface area contributed by atoms with Crippen LogP contribution in [0.1, 0.15) is 37.8 Å². The molecule has 0 bridgehead atoms. The van der Waals surface area contributed by atoms with E-state index in [1.807, 2.05) is 6.92 Å². The van der Waals surface area contributed by atoms with Crippen molar-refractivity contribution in [1.29, 1.82) is 0 Å². The Hall–Kier alpha value is -1.71. The highest BCUT2D eigenvalue weighted by Crippen LogP contribution is 2.38. The molecule has 24 heavy (non-hydrogen) atoms. The van der Waals surface area contributed by atoms with Crippen LogP contribution in [-0.2, 0) is 23.6 Å². The van der Waals surface area contributed by atoms with Crippen molar-refractivity contribution in [3.63, 3.8) is 0 Å². The van der Waals surface area contributed by atoms with Gasteiger partial charge in [0.15, 0.2) is 5.03 Å². The zero-order valence-corrected chi connectivity index (χ0v) is 14.6. The van der Waals surface area contributed by atoms with Gasteiger partial charge in [0.25, 0.3) is 10.0 Å². The first-order valence-electron chi connectivity index (χ1n) is 8.11. The predicted molar refractivity (Wildman–Crippen MR) is 87.5 cm³/mol. The molecule has 2 aromatic rings. The second-order valence-electron chi connectivity index (χ2n) is 6.32. The van der Waals surface area contributed by atoms with Gasteiger partial charge in [0.05, 0.1) is 24.5 Å². The molecule has 0 saturated heterocycles. The molecule has 1 aliphatic carbocycles. The van der Waals surface area contributed by atoms with Gasteiger partial charge in [-0.1, -0.05) is 6.92 Å². The summed E-state index contributed by atoms with van der Waals surface area (Å²) < 4.78 is 31.6. The minimum atomic E-state index is -3.71. The molecule has 2 N–H and O–H groups in total. The summed E-state index contributed by atoms with van der Waals surface area (Å²) in [5.74, 6) is 0.0570. The topological polar surface area (TPSA) is 102 Å². The fourth-order valence-corrected chi connectivity index (χ4v) is 4.53. The van der Waals surface area contributed by atoms with Crippen molar-refractivity contribution in [2.75, 3.05) is 0 Å². The number of aliphatic hydroxyl groups is 1. The van der Waals surface area contributed by atoms with Gasteiger partial charge in [-0.05, 0) is 31.2 Å². The van der Waals surface area contributed by atoms with Crippen LogP contribution in [0.2, 0.25) is 0 Å². The summed E-state index contributed by atoms with van der Waals surface area (Å²) in [7, 11) is -1.92. The van der Waals surface area contributed by atoms with Crippen LogP contribution in [0.15, 0.2) is 29.7 Å². The maximum atomic E-state index is 12.8. The van der Waals surface area contributed by atoms with E-state index in [9.17, 15) is 13.5 Å². The van der Waals surface area contributed by atoms with Crippen LogP contribution in [0.25, 0.3) is 0 Å². The second kappa shape index (κ2) is 6.66. The number of nitrogens with zero attached hydrogens (tertiary/aromatic N) is 4. The van der Waals surface area contributed by atoms with Crippen LogP contribution in [0.4, 0.5) is 0 Å². The Balaban J connectivity index is 1.87. The summed E-state index contributed by atoms with van der Waals surface area (Å²) in [4.78, 5) is 0. The van der Waals surface area contributed by atoms with Crippen molar-refractivity contribution >= 4 is 10.0 Å². The van der Waals surface area contributed by atoms with Gasteiger partial charge in [-0.2, -0.15) is 10.2 Å². The summed E-state index contributed by atoms with van der Waals surface area (Å²) in [5, 5.41) is 18.0. The minimum Gasteiger partial charge on any atom is -0.393 e. The fourth-order valence-electron chi connectivity index (χ4n) is 3.10. The highest BCUT2D eigenvalue weighted by Gasteiger charge is 2.38. The van der Waals surface area contributed by atoms with Gasteiger partial charge in [-0.25, -0.2) is 13.1 Å². The monoisotopic (exact) mass is 353 g/mol. The highest BCUT2D eigenvalue weighted by atomic mass is 32.2. The van der Waals surface area contributed by atoms with Crippen LogP contribution >= 0.6 is 0 Å². The van der Waals surface area contributed by atoms with Crippen molar-refractivity contribution < 1.29 is 13.5 Å². The van der Waals surface area contributed by atoms with Crippen LogP contribution in [0.5, 0.6) is 0 Å². The molecule has 1 unspecified atom stereocenters. The third-order valence-corrected chi connectivity index (χ3v) is 5.84. The van der Waals surface area contributed by atoms with E-state index in [1.165, 1.54) is 16.9 Å². The van der Waals surface area contributed by atoms with E-state index in [0.29, 0.717) is 19.4 Å². The smallest absolute Gasteiger partial charge is 0.258 e. The van der Waals surface area contributed by atoms with Gasteiger partial charge in [0.1, 0.15) is 0 Å². The Kier molecular flexibility index (Phi) is 4.75. The predicted octanol–water partition coefficient (Wildman–Crippen LogP) is 0.817. The zero-order chi connectivity index (χ0) is 17.3. The molecule has 1 saturated carbocycles. The number of hydrogen-bond acceptors (Lipinski definition) is 5. The molecule has 0 aliphatic heterocycles. The number of hydrogen-bond donors (Lipinski definition) is 2. The standard InChI is InChI=1S/C15H23N5O3S/c1-3-6-20-14(4-5-16-20)24(22,23)18-15(11-7-13(21)8-11)12-9-17-19(2)10-12/h4-5,9-11,13,15,18,21H,3,6-8H2,1-2H3. The lowest BCUT2D eigenvalue weighted by Gasteiger charge is -2.37. The number of aryl methyl sites for hydroxylation is 2. The van der Waals surface area contributed by atoms with E-state index in [1.54, 1.807) is 24.1 Å². The first-order chi connectivity index (χ1) is 11.4. The third kappa shape index (κ3) is 3.38. The Morgan fingerprint density at radius 3 is 2.75 bits per heavy atom. The van der Waals surface area contributed by atoms with Gasteiger partial charge < -0.3 is 5.11 Å². The lowest BCUT2D eigenvalue weighted by Crippen LogP contribution is -2.41. The molecular weight excluding hydrogens is 330 g/mol. The Morgan fingerprint density at radius 1 is 1.42 bits per heavy atom. The molecule has 1 atom stereocenters. The summed E-state index contributed by atoms with van der Waals surface area (Å²) in [6.07, 6.45) is 6.57. The van der Waals surface area contributed by atoms with Crippen LogP contribution in [0, 0.1) is 5.92 Å². The average molecular weight is 353 g/mol. The number of rotatable bonds is 7. The van der Waals surface area contributed by atoms with Crippen molar-refractivity contribution in [1.82, 2.24) is 24.3 Å². The normalized spacial score (nSPS) is 22.3. The van der Waals surface area contributed by atoms with Gasteiger partial charge in [0.2, 0.25) is 0 Å². The van der Waals surface area contributed by atoms with E-state index in [0.717, 1.165) is 12.0 Å². The van der Waals surface area contributed by atoms with Crippen molar-refractivity contribution in [2.45, 2.75) is 49.9 Å². The van der Waals surface area contributed by atoms with Crippen molar-refractivity contribution in [2.24, 2.45) is 13.0 Å². The molecule has 0 radical (unpaired) electrons. The number of nitrogens with one attached hydrogen (secondary N) is 1.